The van der Waals surface area contributed by atoms with Gasteiger partial charge in [-0.1, -0.05) is 12.1 Å². The Morgan fingerprint density at radius 2 is 1.87 bits per heavy atom. The van der Waals surface area contributed by atoms with E-state index in [0.717, 1.165) is 12.1 Å². The molecule has 160 valence electrons. The van der Waals surface area contributed by atoms with E-state index in [-0.39, 0.29) is 34.2 Å². The van der Waals surface area contributed by atoms with Crippen molar-refractivity contribution in [3.63, 3.8) is 0 Å². The van der Waals surface area contributed by atoms with Crippen LogP contribution in [0, 0.1) is 3.57 Å². The molecule has 12 heteroatoms. The third-order valence-electron chi connectivity index (χ3n) is 4.20. The summed E-state index contributed by atoms with van der Waals surface area (Å²) in [4.78, 5) is 16.7. The largest absolute Gasteiger partial charge is 0.437 e. The number of furan rings is 1. The summed E-state index contributed by atoms with van der Waals surface area (Å²) in [6.45, 7) is 1.47. The van der Waals surface area contributed by atoms with Crippen molar-refractivity contribution in [1.29, 1.82) is 0 Å². The summed E-state index contributed by atoms with van der Waals surface area (Å²) in [7, 11) is -2.20. The lowest BCUT2D eigenvalue weighted by Gasteiger charge is -2.07. The third-order valence-corrected chi connectivity index (χ3v) is 6.28. The number of pyridine rings is 1. The van der Waals surface area contributed by atoms with Gasteiger partial charge < -0.3 is 9.73 Å². The molecule has 7 nitrogen and oxygen atoms in total. The minimum absolute atomic E-state index is 0.0249. The predicted octanol–water partition coefficient (Wildman–Crippen LogP) is 4.24. The Bertz CT molecular complexity index is 1220. The molecule has 2 aromatic heterocycles. The van der Waals surface area contributed by atoms with Crippen molar-refractivity contribution in [3.8, 4) is 11.3 Å². The smallest absolute Gasteiger partial charge is 0.416 e. The van der Waals surface area contributed by atoms with Crippen LogP contribution in [0.4, 0.5) is 19.0 Å². The first kappa shape index (κ1) is 22.3. The van der Waals surface area contributed by atoms with Gasteiger partial charge in [-0.3, -0.25) is 9.52 Å². The molecule has 2 N–H and O–H groups in total. The highest BCUT2D eigenvalue weighted by Crippen LogP contribution is 2.37. The molecule has 0 aliphatic heterocycles. The molecule has 3 aromatic rings. The number of carbonyl (C=O) groups excluding carboxylic acids is 1. The number of nitrogens with one attached hydrogen (secondary N) is 2. The van der Waals surface area contributed by atoms with Crippen LogP contribution in [-0.4, -0.2) is 32.1 Å². The highest BCUT2D eigenvalue weighted by atomic mass is 127. The number of fused-ring (bicyclic) bond motifs is 1. The normalized spacial score (nSPS) is 12.2. The predicted molar refractivity (Wildman–Crippen MR) is 114 cm³/mol. The molecule has 0 bridgehead atoms. The van der Waals surface area contributed by atoms with Crippen molar-refractivity contribution >= 4 is 55.4 Å². The van der Waals surface area contributed by atoms with Gasteiger partial charge in [0, 0.05) is 12.6 Å². The fourth-order valence-corrected chi connectivity index (χ4v) is 4.00. The number of nitrogens with zero attached hydrogens (tertiary/aromatic N) is 1. The van der Waals surface area contributed by atoms with E-state index in [1.807, 2.05) is 22.6 Å². The van der Waals surface area contributed by atoms with Crippen molar-refractivity contribution in [2.24, 2.45) is 0 Å². The van der Waals surface area contributed by atoms with Gasteiger partial charge >= 0.3 is 6.18 Å². The topological polar surface area (TPSA) is 101 Å². The molecule has 2 heterocycles. The minimum Gasteiger partial charge on any atom is -0.437 e. The molecule has 0 radical (unpaired) electrons. The first-order valence-corrected chi connectivity index (χ1v) is 11.2. The second-order valence-electron chi connectivity index (χ2n) is 6.14. The molecular formula is C18H15F3IN3O4S. The van der Waals surface area contributed by atoms with Crippen LogP contribution in [-0.2, 0) is 16.2 Å². The number of anilines is 1. The van der Waals surface area contributed by atoms with Crippen LogP contribution in [0.15, 0.2) is 34.7 Å². The van der Waals surface area contributed by atoms with E-state index in [0.29, 0.717) is 8.96 Å². The number of hydrogen-bond donors (Lipinski definition) is 2. The molecule has 0 saturated heterocycles. The second kappa shape index (κ2) is 8.06. The van der Waals surface area contributed by atoms with Crippen LogP contribution in [0.3, 0.4) is 0 Å². The van der Waals surface area contributed by atoms with Gasteiger partial charge in [-0.25, -0.2) is 8.42 Å². The van der Waals surface area contributed by atoms with Gasteiger partial charge in [0.1, 0.15) is 5.76 Å². The number of aromatic nitrogens is 1. The summed E-state index contributed by atoms with van der Waals surface area (Å²) >= 11 is 1.87. The molecule has 30 heavy (non-hydrogen) atoms. The van der Waals surface area contributed by atoms with E-state index >= 15 is 0 Å². The molecule has 0 spiro atoms. The molecule has 0 atom stereocenters. The van der Waals surface area contributed by atoms with E-state index in [9.17, 15) is 26.4 Å². The number of carbonyl (C=O) groups is 1. The lowest BCUT2D eigenvalue weighted by Crippen LogP contribution is -2.18. The summed E-state index contributed by atoms with van der Waals surface area (Å²) < 4.78 is 70.7. The van der Waals surface area contributed by atoms with Gasteiger partial charge in [-0.15, -0.1) is 0 Å². The zero-order valence-electron chi connectivity index (χ0n) is 15.6. The monoisotopic (exact) mass is 553 g/mol. The average molecular weight is 553 g/mol. The Morgan fingerprint density at radius 1 is 1.23 bits per heavy atom. The van der Waals surface area contributed by atoms with E-state index in [2.05, 4.69) is 15.0 Å². The molecule has 0 aliphatic rings. The highest BCUT2D eigenvalue weighted by molar-refractivity contribution is 14.1. The molecule has 3 rings (SSSR count). The number of rotatable bonds is 5. The first-order chi connectivity index (χ1) is 14.0. The molecule has 1 aromatic carbocycles. The highest BCUT2D eigenvalue weighted by Gasteiger charge is 2.31. The van der Waals surface area contributed by atoms with E-state index < -0.39 is 27.7 Å². The van der Waals surface area contributed by atoms with E-state index in [1.54, 1.807) is 0 Å². The van der Waals surface area contributed by atoms with Gasteiger partial charge in [0.05, 0.1) is 25.8 Å². The number of hydrogen-bond acceptors (Lipinski definition) is 5. The van der Waals surface area contributed by atoms with E-state index in [1.165, 1.54) is 32.2 Å². The van der Waals surface area contributed by atoms with E-state index in [4.69, 9.17) is 4.42 Å². The summed E-state index contributed by atoms with van der Waals surface area (Å²) in [5.41, 5.74) is -0.543. The number of sulfonamides is 1. The summed E-state index contributed by atoms with van der Waals surface area (Å²) in [5, 5.41) is 2.77. The molecule has 1 amide bonds. The lowest BCUT2D eigenvalue weighted by molar-refractivity contribution is -0.137. The van der Waals surface area contributed by atoms with Gasteiger partial charge in [0.15, 0.2) is 5.82 Å². The summed E-state index contributed by atoms with van der Waals surface area (Å²) in [5.74, 6) is -0.637. The fraction of sp³-hybridized carbons (Fsp3) is 0.222. The maximum absolute atomic E-state index is 12.9. The Kier molecular flexibility index (Phi) is 6.00. The zero-order valence-corrected chi connectivity index (χ0v) is 18.6. The van der Waals surface area contributed by atoms with Crippen LogP contribution < -0.4 is 10.0 Å². The fourth-order valence-electron chi connectivity index (χ4n) is 2.65. The molecule has 0 saturated carbocycles. The van der Waals surface area contributed by atoms with Crippen LogP contribution in [0.5, 0.6) is 0 Å². The standard InChI is InChI=1S/C18H15F3IN3O4S/c1-3-30(27,28)25-15-12(22)8-11-13(16(26)23-2)14(29-17(11)24-15)9-4-6-10(7-5-9)18(19,20)21/h4-8H,3H2,1-2H3,(H,23,26)(H,24,25). The maximum Gasteiger partial charge on any atom is 0.416 e. The number of amides is 1. The SMILES string of the molecule is CCS(=O)(=O)Nc1nc2oc(-c3ccc(C(F)(F)F)cc3)c(C(=O)NC)c2cc1I. The minimum atomic E-state index is -4.50. The molecule has 0 fully saturated rings. The van der Waals surface area contributed by atoms with Crippen molar-refractivity contribution in [2.75, 3.05) is 17.5 Å². The number of benzene rings is 1. The van der Waals surface area contributed by atoms with Crippen molar-refractivity contribution in [2.45, 2.75) is 13.1 Å². The molecule has 0 aliphatic carbocycles. The molecular weight excluding hydrogens is 538 g/mol. The average Bonchev–Trinajstić information content (AvgIpc) is 3.05. The van der Waals surface area contributed by atoms with Crippen LogP contribution in [0.25, 0.3) is 22.4 Å². The first-order valence-electron chi connectivity index (χ1n) is 8.50. The van der Waals surface area contributed by atoms with Gasteiger partial charge in [0.2, 0.25) is 15.7 Å². The Morgan fingerprint density at radius 3 is 2.40 bits per heavy atom. The van der Waals surface area contributed by atoms with Gasteiger partial charge in [-0.2, -0.15) is 18.2 Å². The summed E-state index contributed by atoms with van der Waals surface area (Å²) in [6.07, 6.45) is -4.50. The zero-order chi connectivity index (χ0) is 22.3. The number of halogens is 4. The van der Waals surface area contributed by atoms with Gasteiger partial charge in [-0.05, 0) is 47.7 Å². The van der Waals surface area contributed by atoms with Gasteiger partial charge in [0.25, 0.3) is 5.91 Å². The number of alkyl halides is 3. The second-order valence-corrected chi connectivity index (χ2v) is 9.31. The maximum atomic E-state index is 12.9. The summed E-state index contributed by atoms with van der Waals surface area (Å²) in [6, 6.07) is 5.68. The molecule has 0 unspecified atom stereocenters. The van der Waals surface area contributed by atoms with Crippen LogP contribution in [0.2, 0.25) is 0 Å². The Balaban J connectivity index is 2.20. The Labute approximate surface area is 183 Å². The quantitative estimate of drug-likeness (QED) is 0.461. The van der Waals surface area contributed by atoms with Crippen molar-refractivity contribution in [3.05, 3.63) is 45.0 Å². The van der Waals surface area contributed by atoms with Crippen LogP contribution >= 0.6 is 22.6 Å². The Hall–Kier alpha value is -2.35. The third kappa shape index (κ3) is 4.38. The van der Waals surface area contributed by atoms with Crippen molar-refractivity contribution in [1.82, 2.24) is 10.3 Å². The van der Waals surface area contributed by atoms with Crippen LogP contribution in [0.1, 0.15) is 22.8 Å². The lowest BCUT2D eigenvalue weighted by atomic mass is 10.0. The van der Waals surface area contributed by atoms with Crippen molar-refractivity contribution < 1.29 is 30.8 Å².